The zero-order valence-corrected chi connectivity index (χ0v) is 26.1. The average Bonchev–Trinajstić information content (AvgIpc) is 3.17. The Hall–Kier alpha value is -6.45. The molecule has 0 aliphatic heterocycles. The van der Waals surface area contributed by atoms with Gasteiger partial charge < -0.3 is 0 Å². The Bertz CT molecular complexity index is 2590. The molecule has 0 atom stereocenters. The molecule has 0 aliphatic rings. The van der Waals surface area contributed by atoms with Gasteiger partial charge in [0.2, 0.25) is 0 Å². The summed E-state index contributed by atoms with van der Waals surface area (Å²) in [5.41, 5.74) is 13.7. The lowest BCUT2D eigenvalue weighted by atomic mass is 9.93. The van der Waals surface area contributed by atoms with E-state index in [-0.39, 0.29) is 0 Å². The Morgan fingerprint density at radius 3 is 1.60 bits per heavy atom. The van der Waals surface area contributed by atoms with E-state index in [9.17, 15) is 0 Å². The van der Waals surface area contributed by atoms with Crippen molar-refractivity contribution in [3.05, 3.63) is 176 Å². The molecule has 0 N–H and O–H groups in total. The van der Waals surface area contributed by atoms with Gasteiger partial charge >= 0.3 is 0 Å². The van der Waals surface area contributed by atoms with Crippen LogP contribution in [0.3, 0.4) is 0 Å². The minimum absolute atomic E-state index is 0.873. The van der Waals surface area contributed by atoms with Gasteiger partial charge in [0.1, 0.15) is 0 Å². The van der Waals surface area contributed by atoms with E-state index in [0.717, 1.165) is 55.6 Å². The third-order valence-electron chi connectivity index (χ3n) is 9.13. The average molecular weight is 612 g/mol. The van der Waals surface area contributed by atoms with Crippen LogP contribution in [0, 0.1) is 0 Å². The zero-order valence-electron chi connectivity index (χ0n) is 26.1. The van der Waals surface area contributed by atoms with Gasteiger partial charge in [0.15, 0.2) is 0 Å². The van der Waals surface area contributed by atoms with E-state index in [4.69, 9.17) is 15.0 Å². The SMILES string of the molecule is c1ccc(-c2ccc(-c3nc4ccccc4nc3-c3ccc(-c4cccc(-c5cccc6c5ccc5cccnc56)c4)cc3)cc2)cc1. The first-order valence-electron chi connectivity index (χ1n) is 16.2. The van der Waals surface area contributed by atoms with Crippen LogP contribution in [0.25, 0.3) is 88.6 Å². The van der Waals surface area contributed by atoms with E-state index < -0.39 is 0 Å². The molecule has 224 valence electrons. The third-order valence-corrected chi connectivity index (χ3v) is 9.13. The molecule has 9 aromatic rings. The van der Waals surface area contributed by atoms with Gasteiger partial charge in [-0.15, -0.1) is 0 Å². The monoisotopic (exact) mass is 611 g/mol. The van der Waals surface area contributed by atoms with Gasteiger partial charge in [-0.25, -0.2) is 9.97 Å². The Balaban J connectivity index is 1.09. The van der Waals surface area contributed by atoms with Crippen LogP contribution in [0.2, 0.25) is 0 Å². The summed E-state index contributed by atoms with van der Waals surface area (Å²) in [5.74, 6) is 0. The Labute approximate surface area is 278 Å². The van der Waals surface area contributed by atoms with E-state index in [0.29, 0.717) is 0 Å². The first-order valence-corrected chi connectivity index (χ1v) is 16.2. The molecule has 0 saturated carbocycles. The fraction of sp³-hybridized carbons (Fsp3) is 0. The standard InChI is InChI=1S/C45H29N3/c1-2-9-30(10-3-1)31-18-22-34(23-19-31)44-45(48-42-17-5-4-16-41(42)47-44)35-24-20-32(21-25-35)36-11-6-12-37(29-36)38-14-7-15-40-39(38)27-26-33-13-8-28-46-43(33)40/h1-29H. The number of fused-ring (bicyclic) bond motifs is 4. The molecule has 0 bridgehead atoms. The first-order chi connectivity index (χ1) is 23.8. The number of benzene rings is 7. The van der Waals surface area contributed by atoms with Crippen molar-refractivity contribution in [3.63, 3.8) is 0 Å². The summed E-state index contributed by atoms with van der Waals surface area (Å²) in [6, 6.07) is 59.6. The summed E-state index contributed by atoms with van der Waals surface area (Å²) in [4.78, 5) is 15.0. The van der Waals surface area contributed by atoms with E-state index in [2.05, 4.69) is 133 Å². The molecule has 0 spiro atoms. The highest BCUT2D eigenvalue weighted by atomic mass is 14.8. The summed E-state index contributed by atoms with van der Waals surface area (Å²) in [7, 11) is 0. The quantitative estimate of drug-likeness (QED) is 0.182. The van der Waals surface area contributed by atoms with Crippen LogP contribution in [-0.4, -0.2) is 15.0 Å². The van der Waals surface area contributed by atoms with Crippen molar-refractivity contribution in [2.24, 2.45) is 0 Å². The predicted molar refractivity (Wildman–Crippen MR) is 200 cm³/mol. The molecule has 9 rings (SSSR count). The summed E-state index contributed by atoms with van der Waals surface area (Å²) < 4.78 is 0. The second-order valence-corrected chi connectivity index (χ2v) is 12.1. The van der Waals surface area contributed by atoms with Crippen LogP contribution in [0.4, 0.5) is 0 Å². The maximum Gasteiger partial charge on any atom is 0.0973 e. The number of nitrogens with zero attached hydrogens (tertiary/aromatic N) is 3. The Kier molecular flexibility index (Phi) is 6.80. The molecule has 3 nitrogen and oxygen atoms in total. The van der Waals surface area contributed by atoms with Crippen molar-refractivity contribution >= 4 is 32.7 Å². The van der Waals surface area contributed by atoms with E-state index in [1.54, 1.807) is 0 Å². The lowest BCUT2D eigenvalue weighted by molar-refractivity contribution is 1.29. The Morgan fingerprint density at radius 2 is 0.896 bits per heavy atom. The molecule has 0 amide bonds. The number of pyridine rings is 1. The minimum Gasteiger partial charge on any atom is -0.256 e. The van der Waals surface area contributed by atoms with Crippen LogP contribution >= 0.6 is 0 Å². The minimum atomic E-state index is 0.873. The number of hydrogen-bond donors (Lipinski definition) is 0. The second kappa shape index (κ2) is 11.7. The van der Waals surface area contributed by atoms with Gasteiger partial charge in [0.25, 0.3) is 0 Å². The normalized spacial score (nSPS) is 11.3. The second-order valence-electron chi connectivity index (χ2n) is 12.1. The van der Waals surface area contributed by atoms with Crippen molar-refractivity contribution in [2.45, 2.75) is 0 Å². The molecule has 0 unspecified atom stereocenters. The van der Waals surface area contributed by atoms with Gasteiger partial charge in [-0.3, -0.25) is 4.98 Å². The fourth-order valence-corrected chi connectivity index (χ4v) is 6.69. The summed E-state index contributed by atoms with van der Waals surface area (Å²) in [5, 5.41) is 3.53. The molecule has 7 aromatic carbocycles. The zero-order chi connectivity index (χ0) is 31.9. The smallest absolute Gasteiger partial charge is 0.0973 e. The lowest BCUT2D eigenvalue weighted by Crippen LogP contribution is -1.95. The highest BCUT2D eigenvalue weighted by molar-refractivity contribution is 6.10. The first kappa shape index (κ1) is 27.8. The Morgan fingerprint density at radius 1 is 0.333 bits per heavy atom. The molecule has 2 heterocycles. The van der Waals surface area contributed by atoms with Crippen LogP contribution < -0.4 is 0 Å². The molecule has 0 radical (unpaired) electrons. The molecular formula is C45H29N3. The van der Waals surface area contributed by atoms with Gasteiger partial charge in [-0.05, 0) is 63.0 Å². The molecule has 3 heteroatoms. The van der Waals surface area contributed by atoms with Crippen molar-refractivity contribution < 1.29 is 0 Å². The fourth-order valence-electron chi connectivity index (χ4n) is 6.69. The van der Waals surface area contributed by atoms with Crippen LogP contribution in [0.5, 0.6) is 0 Å². The van der Waals surface area contributed by atoms with Crippen molar-refractivity contribution in [3.8, 4) is 55.9 Å². The third kappa shape index (κ3) is 4.99. The van der Waals surface area contributed by atoms with Crippen molar-refractivity contribution in [1.82, 2.24) is 15.0 Å². The van der Waals surface area contributed by atoms with Gasteiger partial charge in [-0.2, -0.15) is 0 Å². The molecular weight excluding hydrogens is 583 g/mol. The number of hydrogen-bond acceptors (Lipinski definition) is 3. The topological polar surface area (TPSA) is 38.7 Å². The van der Waals surface area contributed by atoms with Gasteiger partial charge in [0, 0.05) is 28.1 Å². The van der Waals surface area contributed by atoms with Crippen LogP contribution in [0.1, 0.15) is 0 Å². The van der Waals surface area contributed by atoms with E-state index in [1.165, 1.54) is 33.0 Å². The maximum atomic E-state index is 5.14. The maximum absolute atomic E-state index is 5.14. The van der Waals surface area contributed by atoms with Gasteiger partial charge in [0.05, 0.1) is 27.9 Å². The number of para-hydroxylation sites is 2. The van der Waals surface area contributed by atoms with E-state index in [1.807, 2.05) is 42.6 Å². The van der Waals surface area contributed by atoms with E-state index >= 15 is 0 Å². The predicted octanol–water partition coefficient (Wildman–Crippen LogP) is 11.7. The number of rotatable bonds is 5. The molecule has 0 fully saturated rings. The molecule has 0 aliphatic carbocycles. The van der Waals surface area contributed by atoms with Gasteiger partial charge in [-0.1, -0.05) is 146 Å². The molecule has 48 heavy (non-hydrogen) atoms. The summed E-state index contributed by atoms with van der Waals surface area (Å²) >= 11 is 0. The molecule has 0 saturated heterocycles. The summed E-state index contributed by atoms with van der Waals surface area (Å²) in [6.45, 7) is 0. The highest BCUT2D eigenvalue weighted by Crippen LogP contribution is 2.36. The van der Waals surface area contributed by atoms with Crippen molar-refractivity contribution in [1.29, 1.82) is 0 Å². The number of aromatic nitrogens is 3. The van der Waals surface area contributed by atoms with Crippen LogP contribution in [0.15, 0.2) is 176 Å². The molecule has 2 aromatic heterocycles. The van der Waals surface area contributed by atoms with Crippen molar-refractivity contribution in [2.75, 3.05) is 0 Å². The summed E-state index contributed by atoms with van der Waals surface area (Å²) in [6.07, 6.45) is 1.87. The van der Waals surface area contributed by atoms with Crippen LogP contribution in [-0.2, 0) is 0 Å². The lowest BCUT2D eigenvalue weighted by Gasteiger charge is -2.13. The highest BCUT2D eigenvalue weighted by Gasteiger charge is 2.15. The largest absolute Gasteiger partial charge is 0.256 e.